The van der Waals surface area contributed by atoms with Crippen LogP contribution in [0, 0.1) is 0 Å². The number of hydrogen-bond acceptors (Lipinski definition) is 4. The third-order valence-electron chi connectivity index (χ3n) is 3.56. The summed E-state index contributed by atoms with van der Waals surface area (Å²) in [6, 6.07) is 11.0. The van der Waals surface area contributed by atoms with E-state index in [1.165, 1.54) is 19.2 Å². The van der Waals surface area contributed by atoms with E-state index < -0.39 is 5.97 Å². The summed E-state index contributed by atoms with van der Waals surface area (Å²) >= 11 is 0. The first-order valence-electron chi connectivity index (χ1n) is 7.75. The van der Waals surface area contributed by atoms with Crippen LogP contribution in [0.4, 0.5) is 0 Å². The first-order chi connectivity index (χ1) is 11.6. The molecule has 0 aliphatic carbocycles. The minimum absolute atomic E-state index is 0.0688. The SMILES string of the molecule is CCCCOc1ccc(C(=O)c2cccc(C(=O)O)c2)c(OC)c1. The van der Waals surface area contributed by atoms with Gasteiger partial charge in [0, 0.05) is 11.6 Å². The molecule has 0 saturated carbocycles. The Labute approximate surface area is 140 Å². The molecule has 5 heteroatoms. The average molecular weight is 328 g/mol. The number of benzene rings is 2. The van der Waals surface area contributed by atoms with Gasteiger partial charge in [0.1, 0.15) is 11.5 Å². The van der Waals surface area contributed by atoms with E-state index in [2.05, 4.69) is 6.92 Å². The fraction of sp³-hybridized carbons (Fsp3) is 0.263. The van der Waals surface area contributed by atoms with E-state index >= 15 is 0 Å². The number of carbonyl (C=O) groups excluding carboxylic acids is 1. The van der Waals surface area contributed by atoms with Crippen LogP contribution in [0.1, 0.15) is 46.0 Å². The van der Waals surface area contributed by atoms with E-state index in [1.54, 1.807) is 30.3 Å². The van der Waals surface area contributed by atoms with Crippen LogP contribution in [0.2, 0.25) is 0 Å². The highest BCUT2D eigenvalue weighted by atomic mass is 16.5. The standard InChI is InChI=1S/C19H20O5/c1-3-4-10-24-15-8-9-16(17(12-15)23-2)18(20)13-6-5-7-14(11-13)19(21)22/h5-9,11-12H,3-4,10H2,1-2H3,(H,21,22). The van der Waals surface area contributed by atoms with Crippen LogP contribution < -0.4 is 9.47 Å². The van der Waals surface area contributed by atoms with Gasteiger partial charge in [0.15, 0.2) is 5.78 Å². The first-order valence-corrected chi connectivity index (χ1v) is 7.75. The molecule has 0 fully saturated rings. The second kappa shape index (κ2) is 8.15. The molecule has 0 unspecified atom stereocenters. The van der Waals surface area contributed by atoms with Gasteiger partial charge < -0.3 is 14.6 Å². The zero-order chi connectivity index (χ0) is 17.5. The third kappa shape index (κ3) is 4.13. The van der Waals surface area contributed by atoms with Crippen molar-refractivity contribution in [3.05, 3.63) is 59.2 Å². The minimum Gasteiger partial charge on any atom is -0.496 e. The predicted octanol–water partition coefficient (Wildman–Crippen LogP) is 3.80. The molecule has 5 nitrogen and oxygen atoms in total. The number of methoxy groups -OCH3 is 1. The number of unbranched alkanes of at least 4 members (excludes halogenated alkanes) is 1. The summed E-state index contributed by atoms with van der Waals surface area (Å²) in [7, 11) is 1.48. The van der Waals surface area contributed by atoms with Gasteiger partial charge in [0.2, 0.25) is 0 Å². The highest BCUT2D eigenvalue weighted by molar-refractivity contribution is 6.11. The number of ketones is 1. The molecule has 0 amide bonds. The number of hydrogen-bond donors (Lipinski definition) is 1. The summed E-state index contributed by atoms with van der Waals surface area (Å²) in [6.45, 7) is 2.69. The predicted molar refractivity (Wildman–Crippen MR) is 90.2 cm³/mol. The lowest BCUT2D eigenvalue weighted by molar-refractivity contribution is 0.0697. The zero-order valence-corrected chi connectivity index (χ0v) is 13.7. The maximum absolute atomic E-state index is 12.7. The molecule has 2 aromatic rings. The Morgan fingerprint density at radius 3 is 2.50 bits per heavy atom. The molecule has 24 heavy (non-hydrogen) atoms. The second-order valence-corrected chi connectivity index (χ2v) is 5.28. The van der Waals surface area contributed by atoms with Crippen molar-refractivity contribution in [3.63, 3.8) is 0 Å². The third-order valence-corrected chi connectivity index (χ3v) is 3.56. The summed E-state index contributed by atoms with van der Waals surface area (Å²) in [6.07, 6.45) is 1.98. The van der Waals surface area contributed by atoms with Crippen LogP contribution in [0.3, 0.4) is 0 Å². The molecule has 1 N–H and O–H groups in total. The van der Waals surface area contributed by atoms with E-state index in [4.69, 9.17) is 14.6 Å². The number of carbonyl (C=O) groups is 2. The van der Waals surface area contributed by atoms with Gasteiger partial charge in [-0.05, 0) is 30.7 Å². The van der Waals surface area contributed by atoms with Crippen molar-refractivity contribution in [1.29, 1.82) is 0 Å². The molecular formula is C19H20O5. The van der Waals surface area contributed by atoms with Crippen molar-refractivity contribution in [3.8, 4) is 11.5 Å². The molecule has 0 saturated heterocycles. The summed E-state index contributed by atoms with van der Waals surface area (Å²) in [5.41, 5.74) is 0.732. The van der Waals surface area contributed by atoms with E-state index in [0.717, 1.165) is 12.8 Å². The van der Waals surface area contributed by atoms with Gasteiger partial charge in [-0.15, -0.1) is 0 Å². The highest BCUT2D eigenvalue weighted by Crippen LogP contribution is 2.27. The molecule has 0 aliphatic rings. The van der Waals surface area contributed by atoms with Gasteiger partial charge in [-0.1, -0.05) is 25.5 Å². The fourth-order valence-corrected chi connectivity index (χ4v) is 2.23. The van der Waals surface area contributed by atoms with E-state index in [0.29, 0.717) is 29.2 Å². The van der Waals surface area contributed by atoms with E-state index in [9.17, 15) is 9.59 Å². The topological polar surface area (TPSA) is 72.8 Å². The monoisotopic (exact) mass is 328 g/mol. The van der Waals surface area contributed by atoms with Gasteiger partial charge in [0.05, 0.1) is 24.8 Å². The van der Waals surface area contributed by atoms with Crippen molar-refractivity contribution in [2.45, 2.75) is 19.8 Å². The van der Waals surface area contributed by atoms with E-state index in [-0.39, 0.29) is 11.3 Å². The van der Waals surface area contributed by atoms with E-state index in [1.807, 2.05) is 0 Å². The van der Waals surface area contributed by atoms with Gasteiger partial charge in [-0.25, -0.2) is 4.79 Å². The molecule has 0 aromatic heterocycles. The lowest BCUT2D eigenvalue weighted by atomic mass is 10.0. The molecule has 2 rings (SSSR count). The quantitative estimate of drug-likeness (QED) is 0.589. The number of carboxylic acid groups (broad SMARTS) is 1. The summed E-state index contributed by atoms with van der Waals surface area (Å²) in [5, 5.41) is 9.05. The average Bonchev–Trinajstić information content (AvgIpc) is 2.61. The van der Waals surface area contributed by atoms with Crippen LogP contribution in [0.25, 0.3) is 0 Å². The smallest absolute Gasteiger partial charge is 0.335 e. The van der Waals surface area contributed by atoms with Crippen LogP contribution >= 0.6 is 0 Å². The zero-order valence-electron chi connectivity index (χ0n) is 13.7. The summed E-state index contributed by atoms with van der Waals surface area (Å²) < 4.78 is 10.9. The van der Waals surface area contributed by atoms with Gasteiger partial charge in [0.25, 0.3) is 0 Å². The summed E-state index contributed by atoms with van der Waals surface area (Å²) in [4.78, 5) is 23.7. The maximum Gasteiger partial charge on any atom is 0.335 e. The Bertz CT molecular complexity index is 736. The van der Waals surface area contributed by atoms with Gasteiger partial charge in [-0.3, -0.25) is 4.79 Å². The van der Waals surface area contributed by atoms with Gasteiger partial charge >= 0.3 is 5.97 Å². The molecule has 126 valence electrons. The Morgan fingerprint density at radius 2 is 1.83 bits per heavy atom. The molecule has 0 spiro atoms. The Kier molecular flexibility index (Phi) is 5.95. The normalized spacial score (nSPS) is 10.2. The van der Waals surface area contributed by atoms with Crippen molar-refractivity contribution in [2.24, 2.45) is 0 Å². The number of rotatable bonds is 8. The largest absolute Gasteiger partial charge is 0.496 e. The molecular weight excluding hydrogens is 308 g/mol. The van der Waals surface area contributed by atoms with Crippen LogP contribution in [0.15, 0.2) is 42.5 Å². The Morgan fingerprint density at radius 1 is 1.08 bits per heavy atom. The van der Waals surface area contributed by atoms with Crippen molar-refractivity contribution in [2.75, 3.05) is 13.7 Å². The van der Waals surface area contributed by atoms with Crippen LogP contribution in [0.5, 0.6) is 11.5 Å². The van der Waals surface area contributed by atoms with Crippen LogP contribution in [-0.2, 0) is 0 Å². The summed E-state index contributed by atoms with van der Waals surface area (Å²) in [5.74, 6) is -0.336. The molecule has 2 aromatic carbocycles. The second-order valence-electron chi connectivity index (χ2n) is 5.28. The molecule has 0 aliphatic heterocycles. The van der Waals surface area contributed by atoms with Crippen molar-refractivity contribution in [1.82, 2.24) is 0 Å². The van der Waals surface area contributed by atoms with Crippen molar-refractivity contribution >= 4 is 11.8 Å². The van der Waals surface area contributed by atoms with Crippen LogP contribution in [-0.4, -0.2) is 30.6 Å². The minimum atomic E-state index is -1.07. The number of aromatic carboxylic acids is 1. The Hall–Kier alpha value is -2.82. The maximum atomic E-state index is 12.7. The first kappa shape index (κ1) is 17.5. The highest BCUT2D eigenvalue weighted by Gasteiger charge is 2.17. The molecule has 0 radical (unpaired) electrons. The molecule has 0 bridgehead atoms. The van der Waals surface area contributed by atoms with Crippen molar-refractivity contribution < 1.29 is 24.2 Å². The lowest BCUT2D eigenvalue weighted by Gasteiger charge is -2.11. The lowest BCUT2D eigenvalue weighted by Crippen LogP contribution is -2.06. The number of ether oxygens (including phenoxy) is 2. The molecule has 0 heterocycles. The fourth-order valence-electron chi connectivity index (χ4n) is 2.23. The molecule has 0 atom stereocenters. The Balaban J connectivity index is 2.28. The number of carboxylic acids is 1. The van der Waals surface area contributed by atoms with Gasteiger partial charge in [-0.2, -0.15) is 0 Å².